The average molecular weight is 312 g/mol. The zero-order valence-corrected chi connectivity index (χ0v) is 13.4. The summed E-state index contributed by atoms with van der Waals surface area (Å²) in [5.74, 6) is 0.459. The highest BCUT2D eigenvalue weighted by Gasteiger charge is 2.19. The molecule has 1 amide bonds. The van der Waals surface area contributed by atoms with Gasteiger partial charge in [-0.05, 0) is 42.3 Å². The molecular weight excluding hydrogens is 292 g/mol. The second kappa shape index (κ2) is 8.10. The molecule has 0 saturated heterocycles. The lowest BCUT2D eigenvalue weighted by atomic mass is 10.1. The van der Waals surface area contributed by atoms with Crippen LogP contribution in [0.4, 0.5) is 0 Å². The molecule has 0 aromatic heterocycles. The molecular formula is C18H20N2O3. The van der Waals surface area contributed by atoms with Gasteiger partial charge in [-0.15, -0.1) is 0 Å². The van der Waals surface area contributed by atoms with Crippen molar-refractivity contribution in [3.8, 4) is 5.75 Å². The summed E-state index contributed by atoms with van der Waals surface area (Å²) in [5.41, 5.74) is 4.93. The average Bonchev–Trinajstić information content (AvgIpc) is 2.61. The van der Waals surface area contributed by atoms with Crippen molar-refractivity contribution in [1.82, 2.24) is 5.43 Å². The SMILES string of the molecule is COc1ccc(/C(C)=N\NC(=O)[C@@H](OC)c2ccccc2)cc1. The molecule has 1 atom stereocenters. The molecule has 2 rings (SSSR count). The Morgan fingerprint density at radius 3 is 2.26 bits per heavy atom. The van der Waals surface area contributed by atoms with Crippen LogP contribution >= 0.6 is 0 Å². The van der Waals surface area contributed by atoms with Gasteiger partial charge in [0.1, 0.15) is 5.75 Å². The molecule has 0 fully saturated rings. The van der Waals surface area contributed by atoms with Gasteiger partial charge in [-0.2, -0.15) is 5.10 Å². The first-order valence-electron chi connectivity index (χ1n) is 7.22. The number of ether oxygens (including phenoxy) is 2. The number of hydrogen-bond donors (Lipinski definition) is 1. The first-order valence-corrected chi connectivity index (χ1v) is 7.22. The minimum Gasteiger partial charge on any atom is -0.497 e. The molecule has 0 bridgehead atoms. The van der Waals surface area contributed by atoms with Gasteiger partial charge in [-0.25, -0.2) is 5.43 Å². The predicted molar refractivity (Wildman–Crippen MR) is 89.5 cm³/mol. The molecule has 2 aromatic rings. The minimum atomic E-state index is -0.691. The smallest absolute Gasteiger partial charge is 0.273 e. The number of hydrogen-bond acceptors (Lipinski definition) is 4. The van der Waals surface area contributed by atoms with E-state index < -0.39 is 6.10 Å². The second-order valence-corrected chi connectivity index (χ2v) is 4.93. The topological polar surface area (TPSA) is 59.9 Å². The highest BCUT2D eigenvalue weighted by Crippen LogP contribution is 2.16. The number of carbonyl (C=O) groups excluding carboxylic acids is 1. The van der Waals surface area contributed by atoms with Crippen LogP contribution < -0.4 is 10.2 Å². The van der Waals surface area contributed by atoms with Gasteiger partial charge in [0, 0.05) is 7.11 Å². The van der Waals surface area contributed by atoms with E-state index in [1.54, 1.807) is 7.11 Å². The summed E-state index contributed by atoms with van der Waals surface area (Å²) in [7, 11) is 3.11. The quantitative estimate of drug-likeness (QED) is 0.659. The van der Waals surface area contributed by atoms with E-state index in [2.05, 4.69) is 10.5 Å². The number of nitrogens with one attached hydrogen (secondary N) is 1. The molecule has 0 aliphatic rings. The Kier molecular flexibility index (Phi) is 5.88. The number of carbonyl (C=O) groups is 1. The van der Waals surface area contributed by atoms with E-state index in [1.807, 2.05) is 61.5 Å². The fourth-order valence-electron chi connectivity index (χ4n) is 2.12. The molecule has 0 saturated carbocycles. The van der Waals surface area contributed by atoms with Crippen molar-refractivity contribution in [2.75, 3.05) is 14.2 Å². The minimum absolute atomic E-state index is 0.313. The van der Waals surface area contributed by atoms with E-state index in [9.17, 15) is 4.79 Å². The van der Waals surface area contributed by atoms with E-state index in [-0.39, 0.29) is 5.91 Å². The maximum Gasteiger partial charge on any atom is 0.273 e. The number of rotatable bonds is 6. The van der Waals surface area contributed by atoms with Crippen LogP contribution in [0.25, 0.3) is 0 Å². The van der Waals surface area contributed by atoms with Crippen molar-refractivity contribution in [2.45, 2.75) is 13.0 Å². The summed E-state index contributed by atoms with van der Waals surface area (Å²) in [6, 6.07) is 16.8. The third-order valence-corrected chi connectivity index (χ3v) is 3.42. The van der Waals surface area contributed by atoms with Crippen LogP contribution in [-0.4, -0.2) is 25.8 Å². The number of methoxy groups -OCH3 is 2. The molecule has 120 valence electrons. The Labute approximate surface area is 135 Å². The number of amides is 1. The molecule has 0 spiro atoms. The lowest BCUT2D eigenvalue weighted by molar-refractivity contribution is -0.131. The van der Waals surface area contributed by atoms with Gasteiger partial charge in [0.05, 0.1) is 12.8 Å². The van der Waals surface area contributed by atoms with Gasteiger partial charge in [0.2, 0.25) is 0 Å². The molecule has 0 aliphatic carbocycles. The summed E-state index contributed by atoms with van der Waals surface area (Å²) >= 11 is 0. The van der Waals surface area contributed by atoms with Crippen LogP contribution in [0.15, 0.2) is 59.7 Å². The lowest BCUT2D eigenvalue weighted by Crippen LogP contribution is -2.27. The third-order valence-electron chi connectivity index (χ3n) is 3.42. The van der Waals surface area contributed by atoms with Crippen LogP contribution in [0.5, 0.6) is 5.75 Å². The van der Waals surface area contributed by atoms with Crippen molar-refractivity contribution in [2.24, 2.45) is 5.10 Å². The summed E-state index contributed by atoms with van der Waals surface area (Å²) in [4.78, 5) is 12.2. The van der Waals surface area contributed by atoms with Crippen molar-refractivity contribution in [1.29, 1.82) is 0 Å². The molecule has 0 heterocycles. The number of hydrazone groups is 1. The van der Waals surface area contributed by atoms with E-state index in [1.165, 1.54) is 7.11 Å². The Morgan fingerprint density at radius 1 is 1.04 bits per heavy atom. The molecule has 1 N–H and O–H groups in total. The molecule has 5 nitrogen and oxygen atoms in total. The molecule has 23 heavy (non-hydrogen) atoms. The van der Waals surface area contributed by atoms with E-state index >= 15 is 0 Å². The largest absolute Gasteiger partial charge is 0.497 e. The van der Waals surface area contributed by atoms with E-state index in [4.69, 9.17) is 9.47 Å². The van der Waals surface area contributed by atoms with E-state index in [0.29, 0.717) is 5.71 Å². The molecule has 5 heteroatoms. The van der Waals surface area contributed by atoms with Crippen molar-refractivity contribution in [3.63, 3.8) is 0 Å². The van der Waals surface area contributed by atoms with Crippen LogP contribution in [0.1, 0.15) is 24.2 Å². The summed E-state index contributed by atoms with van der Waals surface area (Å²) < 4.78 is 10.4. The molecule has 0 radical (unpaired) electrons. The third kappa shape index (κ3) is 4.40. The van der Waals surface area contributed by atoms with Crippen LogP contribution in [0, 0.1) is 0 Å². The fraction of sp³-hybridized carbons (Fsp3) is 0.222. The van der Waals surface area contributed by atoms with Gasteiger partial charge in [0.25, 0.3) is 5.91 Å². The standard InChI is InChI=1S/C18H20N2O3/c1-13(14-9-11-16(22-2)12-10-14)19-20-18(21)17(23-3)15-7-5-4-6-8-15/h4-12,17H,1-3H3,(H,20,21)/b19-13-/t17-/m0/s1. The number of nitrogens with zero attached hydrogens (tertiary/aromatic N) is 1. The lowest BCUT2D eigenvalue weighted by Gasteiger charge is -2.14. The monoisotopic (exact) mass is 312 g/mol. The summed E-state index contributed by atoms with van der Waals surface area (Å²) in [5, 5.41) is 4.14. The van der Waals surface area contributed by atoms with Crippen LogP contribution in [0.2, 0.25) is 0 Å². The molecule has 0 unspecified atom stereocenters. The molecule has 0 aliphatic heterocycles. The van der Waals surface area contributed by atoms with E-state index in [0.717, 1.165) is 16.9 Å². The molecule has 2 aromatic carbocycles. The van der Waals surface area contributed by atoms with Gasteiger partial charge in [-0.1, -0.05) is 30.3 Å². The van der Waals surface area contributed by atoms with Gasteiger partial charge in [-0.3, -0.25) is 4.79 Å². The van der Waals surface area contributed by atoms with Crippen LogP contribution in [-0.2, 0) is 9.53 Å². The Bertz CT molecular complexity index is 666. The highest BCUT2D eigenvalue weighted by molar-refractivity contribution is 5.99. The normalized spacial score (nSPS) is 12.6. The predicted octanol–water partition coefficient (Wildman–Crippen LogP) is 2.92. The zero-order valence-electron chi connectivity index (χ0n) is 13.4. The van der Waals surface area contributed by atoms with Gasteiger partial charge in [0.15, 0.2) is 6.10 Å². The first-order chi connectivity index (χ1) is 11.2. The maximum atomic E-state index is 12.2. The Hall–Kier alpha value is -2.66. The Balaban J connectivity index is 2.06. The van der Waals surface area contributed by atoms with Crippen molar-refractivity contribution >= 4 is 11.6 Å². The van der Waals surface area contributed by atoms with Crippen molar-refractivity contribution in [3.05, 3.63) is 65.7 Å². The highest BCUT2D eigenvalue weighted by atomic mass is 16.5. The zero-order chi connectivity index (χ0) is 16.7. The van der Waals surface area contributed by atoms with Gasteiger partial charge >= 0.3 is 0 Å². The van der Waals surface area contributed by atoms with Crippen molar-refractivity contribution < 1.29 is 14.3 Å². The number of benzene rings is 2. The maximum absolute atomic E-state index is 12.2. The van der Waals surface area contributed by atoms with Crippen LogP contribution in [0.3, 0.4) is 0 Å². The fourth-order valence-corrected chi connectivity index (χ4v) is 2.12. The second-order valence-electron chi connectivity index (χ2n) is 4.93. The summed E-state index contributed by atoms with van der Waals surface area (Å²) in [6.07, 6.45) is -0.691. The van der Waals surface area contributed by atoms with Gasteiger partial charge < -0.3 is 9.47 Å². The summed E-state index contributed by atoms with van der Waals surface area (Å²) in [6.45, 7) is 1.83. The first kappa shape index (κ1) is 16.7. The Morgan fingerprint density at radius 2 is 1.70 bits per heavy atom.